The molecule has 2 heterocycles. The van der Waals surface area contributed by atoms with Crippen LogP contribution in [-0.2, 0) is 4.74 Å². The summed E-state index contributed by atoms with van der Waals surface area (Å²) in [6.07, 6.45) is -1.02. The van der Waals surface area contributed by atoms with Crippen molar-refractivity contribution in [2.45, 2.75) is 18.6 Å². The van der Waals surface area contributed by atoms with E-state index in [2.05, 4.69) is 9.72 Å². The molecule has 0 saturated carbocycles. The second kappa shape index (κ2) is 5.73. The number of benzene rings is 1. The quantitative estimate of drug-likeness (QED) is 0.682. The lowest BCUT2D eigenvalue weighted by Crippen LogP contribution is -2.20. The summed E-state index contributed by atoms with van der Waals surface area (Å²) < 4.78 is 23.6. The van der Waals surface area contributed by atoms with Crippen molar-refractivity contribution in [3.05, 3.63) is 59.0 Å². The summed E-state index contributed by atoms with van der Waals surface area (Å²) in [5, 5.41) is 10.2. The molecule has 5 nitrogen and oxygen atoms in total. The van der Waals surface area contributed by atoms with Crippen molar-refractivity contribution in [1.82, 2.24) is 4.98 Å². The van der Waals surface area contributed by atoms with Crippen LogP contribution in [0.5, 0.6) is 5.88 Å². The zero-order valence-electron chi connectivity index (χ0n) is 11.8. The molecule has 6 heteroatoms. The molecular formula is C16H14FNO4. The number of aromatic nitrogens is 1. The number of halogens is 1. The average Bonchev–Trinajstić information content (AvgIpc) is 2.53. The Kier molecular flexibility index (Phi) is 3.77. The van der Waals surface area contributed by atoms with Crippen molar-refractivity contribution in [3.8, 4) is 5.88 Å². The maximum absolute atomic E-state index is 13.2. The molecule has 22 heavy (non-hydrogen) atoms. The Morgan fingerprint density at radius 2 is 2.23 bits per heavy atom. The normalized spacial score (nSPS) is 20.0. The molecule has 0 unspecified atom stereocenters. The van der Waals surface area contributed by atoms with Crippen molar-refractivity contribution in [1.29, 1.82) is 0 Å². The van der Waals surface area contributed by atoms with Crippen molar-refractivity contribution in [2.75, 3.05) is 7.11 Å². The van der Waals surface area contributed by atoms with Gasteiger partial charge in [0.25, 0.3) is 0 Å². The van der Waals surface area contributed by atoms with E-state index in [9.17, 15) is 14.3 Å². The van der Waals surface area contributed by atoms with E-state index in [4.69, 9.17) is 4.74 Å². The predicted octanol–water partition coefficient (Wildman–Crippen LogP) is 2.56. The number of hydrogen-bond acceptors (Lipinski definition) is 5. The lowest BCUT2D eigenvalue weighted by atomic mass is 9.95. The molecule has 2 aromatic rings. The molecule has 0 amide bonds. The van der Waals surface area contributed by atoms with Gasteiger partial charge in [0.1, 0.15) is 6.10 Å². The fraction of sp³-hybridized carbons (Fsp3) is 0.250. The highest BCUT2D eigenvalue weighted by Gasteiger charge is 2.29. The zero-order valence-corrected chi connectivity index (χ0v) is 11.8. The predicted molar refractivity (Wildman–Crippen MR) is 74.9 cm³/mol. The van der Waals surface area contributed by atoms with E-state index in [0.717, 1.165) is 0 Å². The topological polar surface area (TPSA) is 68.7 Å². The minimum Gasteiger partial charge on any atom is -0.469 e. The molecule has 1 aliphatic rings. The molecule has 0 spiro atoms. The molecule has 1 aliphatic heterocycles. The van der Waals surface area contributed by atoms with Crippen molar-refractivity contribution in [3.63, 3.8) is 0 Å². The van der Waals surface area contributed by atoms with E-state index in [1.165, 1.54) is 19.2 Å². The first-order chi connectivity index (χ1) is 10.6. The van der Waals surface area contributed by atoms with Crippen LogP contribution in [0.25, 0.3) is 0 Å². The van der Waals surface area contributed by atoms with Gasteiger partial charge in [-0.15, -0.1) is 0 Å². The molecule has 1 aromatic heterocycles. The third-order valence-electron chi connectivity index (χ3n) is 3.59. The minimum absolute atomic E-state index is 0.0761. The number of aliphatic hydroxyl groups is 1. The molecule has 0 saturated heterocycles. The highest BCUT2D eigenvalue weighted by Crippen LogP contribution is 2.39. The third-order valence-corrected chi connectivity index (χ3v) is 3.59. The second-order valence-electron chi connectivity index (χ2n) is 5.00. The Morgan fingerprint density at radius 1 is 1.41 bits per heavy atom. The fourth-order valence-corrected chi connectivity index (χ4v) is 2.48. The second-order valence-corrected chi connectivity index (χ2v) is 5.00. The first kappa shape index (κ1) is 14.5. The van der Waals surface area contributed by atoms with Crippen LogP contribution in [0.1, 0.15) is 40.1 Å². The summed E-state index contributed by atoms with van der Waals surface area (Å²) in [4.78, 5) is 15.3. The van der Waals surface area contributed by atoms with E-state index in [-0.39, 0.29) is 5.88 Å². The molecule has 0 aliphatic carbocycles. The number of pyridine rings is 1. The monoisotopic (exact) mass is 303 g/mol. The van der Waals surface area contributed by atoms with Gasteiger partial charge in [0.05, 0.1) is 18.8 Å². The van der Waals surface area contributed by atoms with Crippen LogP contribution in [0.3, 0.4) is 0 Å². The van der Waals surface area contributed by atoms with Gasteiger partial charge in [0, 0.05) is 12.0 Å². The van der Waals surface area contributed by atoms with Crippen LogP contribution in [0.15, 0.2) is 36.4 Å². The molecule has 1 N–H and O–H groups in total. The molecule has 114 valence electrons. The van der Waals surface area contributed by atoms with Gasteiger partial charge < -0.3 is 14.6 Å². The number of methoxy groups -OCH3 is 1. The summed E-state index contributed by atoms with van der Waals surface area (Å²) in [5.41, 5.74) is 1.54. The largest absolute Gasteiger partial charge is 0.469 e. The molecule has 0 bridgehead atoms. The molecule has 0 radical (unpaired) electrons. The highest BCUT2D eigenvalue weighted by molar-refractivity contribution is 5.89. The molecular weight excluding hydrogens is 289 g/mol. The summed E-state index contributed by atoms with van der Waals surface area (Å²) in [5.74, 6) is -1.05. The first-order valence-corrected chi connectivity index (χ1v) is 6.78. The Bertz CT molecular complexity index is 719. The number of carbonyl (C=O) groups excluding carboxylic acids is 1. The van der Waals surface area contributed by atoms with Crippen LogP contribution >= 0.6 is 0 Å². The van der Waals surface area contributed by atoms with Gasteiger partial charge in [-0.05, 0) is 29.8 Å². The van der Waals surface area contributed by atoms with Crippen molar-refractivity contribution in [2.24, 2.45) is 0 Å². The van der Waals surface area contributed by atoms with Gasteiger partial charge in [-0.2, -0.15) is 9.37 Å². The maximum Gasteiger partial charge on any atom is 0.337 e. The Balaban J connectivity index is 1.92. The summed E-state index contributed by atoms with van der Waals surface area (Å²) in [6.45, 7) is 0. The SMILES string of the molecule is COC(=O)c1cccc([C@H]2C[C@@H](O)c3ccc(F)nc3O2)c1. The number of rotatable bonds is 2. The average molecular weight is 303 g/mol. The highest BCUT2D eigenvalue weighted by atomic mass is 19.1. The van der Waals surface area contributed by atoms with Crippen molar-refractivity contribution >= 4 is 5.97 Å². The van der Waals surface area contributed by atoms with E-state index in [1.54, 1.807) is 24.3 Å². The Morgan fingerprint density at radius 3 is 3.00 bits per heavy atom. The first-order valence-electron chi connectivity index (χ1n) is 6.78. The van der Waals surface area contributed by atoms with Crippen LogP contribution < -0.4 is 4.74 Å². The third kappa shape index (κ3) is 2.65. The maximum atomic E-state index is 13.2. The van der Waals surface area contributed by atoms with E-state index < -0.39 is 24.1 Å². The number of esters is 1. The number of nitrogens with zero attached hydrogens (tertiary/aromatic N) is 1. The molecule has 2 atom stereocenters. The van der Waals surface area contributed by atoms with Gasteiger partial charge in [0.2, 0.25) is 11.8 Å². The molecule has 3 rings (SSSR count). The molecule has 1 aromatic carbocycles. The van der Waals surface area contributed by atoms with Gasteiger partial charge in [-0.3, -0.25) is 0 Å². The van der Waals surface area contributed by atoms with Crippen LogP contribution in [0.2, 0.25) is 0 Å². The summed E-state index contributed by atoms with van der Waals surface area (Å²) in [7, 11) is 1.30. The van der Waals surface area contributed by atoms with Gasteiger partial charge in [-0.1, -0.05) is 12.1 Å². The standard InChI is InChI=1S/C16H14FNO4/c1-21-16(20)10-4-2-3-9(7-10)13-8-12(19)11-5-6-14(17)18-15(11)22-13/h2-7,12-13,19H,8H2,1H3/t12-,13-/m1/s1. The number of fused-ring (bicyclic) bond motifs is 1. The fourth-order valence-electron chi connectivity index (χ4n) is 2.48. The Hall–Kier alpha value is -2.47. The van der Waals surface area contributed by atoms with Gasteiger partial charge >= 0.3 is 5.97 Å². The van der Waals surface area contributed by atoms with Crippen LogP contribution in [0, 0.1) is 5.95 Å². The lowest BCUT2D eigenvalue weighted by molar-refractivity contribution is 0.0591. The summed E-state index contributed by atoms with van der Waals surface area (Å²) >= 11 is 0. The molecule has 0 fully saturated rings. The van der Waals surface area contributed by atoms with E-state index >= 15 is 0 Å². The smallest absolute Gasteiger partial charge is 0.337 e. The van der Waals surface area contributed by atoms with Gasteiger partial charge in [0.15, 0.2) is 0 Å². The number of ether oxygens (including phenoxy) is 2. The number of hydrogen-bond donors (Lipinski definition) is 1. The van der Waals surface area contributed by atoms with E-state index in [1.807, 2.05) is 0 Å². The summed E-state index contributed by atoms with van der Waals surface area (Å²) in [6, 6.07) is 9.38. The number of carbonyl (C=O) groups is 1. The van der Waals surface area contributed by atoms with Crippen LogP contribution in [-0.4, -0.2) is 23.2 Å². The zero-order chi connectivity index (χ0) is 15.7. The minimum atomic E-state index is -0.802. The van der Waals surface area contributed by atoms with E-state index in [0.29, 0.717) is 23.1 Å². The lowest BCUT2D eigenvalue weighted by Gasteiger charge is -2.29. The Labute approximate surface area is 126 Å². The van der Waals surface area contributed by atoms with Gasteiger partial charge in [-0.25, -0.2) is 4.79 Å². The van der Waals surface area contributed by atoms with Crippen molar-refractivity contribution < 1.29 is 23.8 Å². The number of aliphatic hydroxyl groups excluding tert-OH is 1. The van der Waals surface area contributed by atoms with Crippen LogP contribution in [0.4, 0.5) is 4.39 Å².